The zero-order valence-electron chi connectivity index (χ0n) is 13.5. The van der Waals surface area contributed by atoms with Crippen LogP contribution in [-0.2, 0) is 10.5 Å². The third kappa shape index (κ3) is 2.97. The summed E-state index contributed by atoms with van der Waals surface area (Å²) < 4.78 is 0. The molecule has 1 saturated carbocycles. The quantitative estimate of drug-likeness (QED) is 0.840. The molecule has 4 rings (SSSR count). The van der Waals surface area contributed by atoms with Crippen molar-refractivity contribution in [1.82, 2.24) is 10.2 Å². The van der Waals surface area contributed by atoms with Crippen molar-refractivity contribution in [3.63, 3.8) is 0 Å². The van der Waals surface area contributed by atoms with Crippen LogP contribution < -0.4 is 5.32 Å². The first-order chi connectivity index (χ1) is 11.7. The molecule has 3 unspecified atom stereocenters. The van der Waals surface area contributed by atoms with E-state index >= 15 is 0 Å². The maximum atomic E-state index is 12.7. The molecule has 1 aromatic carbocycles. The van der Waals surface area contributed by atoms with E-state index < -0.39 is 0 Å². The fourth-order valence-electron chi connectivity index (χ4n) is 3.81. The van der Waals surface area contributed by atoms with Gasteiger partial charge in [0.1, 0.15) is 11.9 Å². The van der Waals surface area contributed by atoms with Crippen molar-refractivity contribution in [2.45, 2.75) is 43.5 Å². The highest BCUT2D eigenvalue weighted by atomic mass is 32.2. The minimum atomic E-state index is -0.283. The zero-order valence-corrected chi connectivity index (χ0v) is 15.1. The first-order valence-electron chi connectivity index (χ1n) is 8.58. The molecule has 24 heavy (non-hydrogen) atoms. The third-order valence-electron chi connectivity index (χ3n) is 5.02. The molecule has 2 heterocycles. The van der Waals surface area contributed by atoms with Gasteiger partial charge in [-0.2, -0.15) is 11.8 Å². The number of rotatable bonds is 4. The van der Waals surface area contributed by atoms with Gasteiger partial charge < -0.3 is 5.32 Å². The van der Waals surface area contributed by atoms with Gasteiger partial charge in [0.25, 0.3) is 5.91 Å². The average molecular weight is 360 g/mol. The highest BCUT2D eigenvalue weighted by Gasteiger charge is 2.46. The van der Waals surface area contributed by atoms with E-state index in [4.69, 9.17) is 17.2 Å². The van der Waals surface area contributed by atoms with Gasteiger partial charge in [-0.3, -0.25) is 9.79 Å². The number of aliphatic imine (C=N–C) groups is 1. The highest BCUT2D eigenvalue weighted by Crippen LogP contribution is 2.33. The molecule has 0 radical (unpaired) electrons. The predicted molar refractivity (Wildman–Crippen MR) is 102 cm³/mol. The Labute approximate surface area is 152 Å². The number of thiocarbonyl (C=S) groups is 1. The normalized spacial score (nSPS) is 28.9. The number of hydrogen-bond acceptors (Lipinski definition) is 4. The number of hydrogen-bond donors (Lipinski definition) is 1. The van der Waals surface area contributed by atoms with E-state index in [1.165, 1.54) is 18.4 Å². The topological polar surface area (TPSA) is 44.7 Å². The summed E-state index contributed by atoms with van der Waals surface area (Å²) in [6, 6.07) is 10.4. The van der Waals surface area contributed by atoms with Crippen LogP contribution in [0, 0.1) is 5.92 Å². The second kappa shape index (κ2) is 6.84. The van der Waals surface area contributed by atoms with Crippen molar-refractivity contribution >= 4 is 40.8 Å². The van der Waals surface area contributed by atoms with E-state index in [-0.39, 0.29) is 11.9 Å². The Morgan fingerprint density at radius 1 is 1.25 bits per heavy atom. The summed E-state index contributed by atoms with van der Waals surface area (Å²) in [5.74, 6) is 2.95. The first kappa shape index (κ1) is 16.1. The van der Waals surface area contributed by atoms with Crippen molar-refractivity contribution in [2.24, 2.45) is 10.9 Å². The molecule has 0 aromatic heterocycles. The van der Waals surface area contributed by atoms with Crippen LogP contribution in [0.4, 0.5) is 0 Å². The van der Waals surface area contributed by atoms with Crippen LogP contribution in [0.1, 0.15) is 31.2 Å². The summed E-state index contributed by atoms with van der Waals surface area (Å²) in [6.45, 7) is 0. The molecule has 1 amide bonds. The van der Waals surface area contributed by atoms with Gasteiger partial charge in [-0.1, -0.05) is 43.2 Å². The van der Waals surface area contributed by atoms with Crippen molar-refractivity contribution in [3.05, 3.63) is 35.9 Å². The Hall–Kier alpha value is -1.40. The van der Waals surface area contributed by atoms with Crippen molar-refractivity contribution in [2.75, 3.05) is 5.75 Å². The number of carbonyl (C=O) groups is 1. The summed E-state index contributed by atoms with van der Waals surface area (Å²) in [5, 5.41) is 3.92. The molecule has 1 aromatic rings. The second-order valence-electron chi connectivity index (χ2n) is 6.62. The molecule has 1 aliphatic carbocycles. The van der Waals surface area contributed by atoms with Gasteiger partial charge in [-0.25, -0.2) is 4.90 Å². The number of nitrogens with zero attached hydrogens (tertiary/aromatic N) is 2. The molecule has 3 aliphatic rings. The molecule has 4 nitrogen and oxygen atoms in total. The summed E-state index contributed by atoms with van der Waals surface area (Å²) in [4.78, 5) is 19.2. The Kier molecular flexibility index (Phi) is 4.59. The van der Waals surface area contributed by atoms with Crippen LogP contribution in [0.15, 0.2) is 35.3 Å². The van der Waals surface area contributed by atoms with Crippen molar-refractivity contribution < 1.29 is 4.79 Å². The van der Waals surface area contributed by atoms with Crippen molar-refractivity contribution in [1.29, 1.82) is 0 Å². The fourth-order valence-corrected chi connectivity index (χ4v) is 5.13. The third-order valence-corrected chi connectivity index (χ3v) is 6.41. The Bertz CT molecular complexity index is 676. The van der Waals surface area contributed by atoms with Crippen molar-refractivity contribution in [3.8, 4) is 0 Å². The predicted octanol–water partition coefficient (Wildman–Crippen LogP) is 2.98. The SMILES string of the molecule is O=C1C(CSCc2ccccc2)N=C2C3CCCCC3NC(=S)N12. The molecule has 2 aliphatic heterocycles. The Balaban J connectivity index is 1.44. The summed E-state index contributed by atoms with van der Waals surface area (Å²) in [6.07, 6.45) is 4.67. The molecule has 0 bridgehead atoms. The van der Waals surface area contributed by atoms with Crippen LogP contribution in [0.3, 0.4) is 0 Å². The molecule has 0 spiro atoms. The highest BCUT2D eigenvalue weighted by molar-refractivity contribution is 7.98. The van der Waals surface area contributed by atoms with Gasteiger partial charge in [-0.05, 0) is 30.6 Å². The Morgan fingerprint density at radius 3 is 2.88 bits per heavy atom. The lowest BCUT2D eigenvalue weighted by atomic mass is 9.82. The molecule has 126 valence electrons. The summed E-state index contributed by atoms with van der Waals surface area (Å²) in [7, 11) is 0. The van der Waals surface area contributed by atoms with E-state index in [2.05, 4.69) is 17.4 Å². The van der Waals surface area contributed by atoms with Gasteiger partial charge >= 0.3 is 0 Å². The number of benzene rings is 1. The average Bonchev–Trinajstić information content (AvgIpc) is 2.94. The second-order valence-corrected chi connectivity index (χ2v) is 8.04. The molecular formula is C18H21N3OS2. The number of thioether (sulfide) groups is 1. The van der Waals surface area contributed by atoms with E-state index in [1.807, 2.05) is 18.2 Å². The minimum absolute atomic E-state index is 0.0482. The first-order valence-corrected chi connectivity index (χ1v) is 10.1. The lowest BCUT2D eigenvalue weighted by molar-refractivity contribution is -0.124. The fraction of sp³-hybridized carbons (Fsp3) is 0.500. The van der Waals surface area contributed by atoms with Crippen LogP contribution in [0.5, 0.6) is 0 Å². The van der Waals surface area contributed by atoms with Crippen LogP contribution in [-0.4, -0.2) is 39.6 Å². The van der Waals surface area contributed by atoms with Gasteiger partial charge in [0.2, 0.25) is 0 Å². The van der Waals surface area contributed by atoms with E-state index in [0.29, 0.717) is 22.8 Å². The van der Waals surface area contributed by atoms with Gasteiger partial charge in [-0.15, -0.1) is 0 Å². The summed E-state index contributed by atoms with van der Waals surface area (Å²) >= 11 is 7.20. The monoisotopic (exact) mass is 359 g/mol. The number of amidine groups is 1. The molecule has 1 N–H and O–H groups in total. The molecule has 2 fully saturated rings. The maximum absolute atomic E-state index is 12.7. The molecule has 1 saturated heterocycles. The summed E-state index contributed by atoms with van der Waals surface area (Å²) in [5.41, 5.74) is 1.28. The van der Waals surface area contributed by atoms with E-state index in [9.17, 15) is 4.79 Å². The lowest BCUT2D eigenvalue weighted by Gasteiger charge is -2.41. The number of carbonyl (C=O) groups excluding carboxylic acids is 1. The largest absolute Gasteiger partial charge is 0.358 e. The number of nitrogens with one attached hydrogen (secondary N) is 1. The zero-order chi connectivity index (χ0) is 16.5. The van der Waals surface area contributed by atoms with E-state index in [0.717, 1.165) is 24.4 Å². The van der Waals surface area contributed by atoms with Gasteiger partial charge in [0.15, 0.2) is 5.11 Å². The van der Waals surface area contributed by atoms with E-state index in [1.54, 1.807) is 16.7 Å². The lowest BCUT2D eigenvalue weighted by Crippen LogP contribution is -2.60. The van der Waals surface area contributed by atoms with Crippen LogP contribution in [0.2, 0.25) is 0 Å². The molecule has 6 heteroatoms. The standard InChI is InChI=1S/C18H21N3OS2/c22-17-15(11-24-10-12-6-2-1-3-7-12)19-16-13-8-4-5-9-14(13)20-18(23)21(16)17/h1-3,6-7,13-15H,4-5,8-11H2,(H,20,23). The van der Waals surface area contributed by atoms with Gasteiger partial charge in [0.05, 0.1) is 0 Å². The number of amides is 1. The Morgan fingerprint density at radius 2 is 2.04 bits per heavy atom. The minimum Gasteiger partial charge on any atom is -0.358 e. The smallest absolute Gasteiger partial charge is 0.260 e. The number of fused-ring (bicyclic) bond motifs is 3. The molecular weight excluding hydrogens is 338 g/mol. The molecule has 3 atom stereocenters. The maximum Gasteiger partial charge on any atom is 0.260 e. The van der Waals surface area contributed by atoms with Crippen LogP contribution in [0.25, 0.3) is 0 Å². The van der Waals surface area contributed by atoms with Crippen LogP contribution >= 0.6 is 24.0 Å². The van der Waals surface area contributed by atoms with Gasteiger partial charge in [0, 0.05) is 23.5 Å².